The summed E-state index contributed by atoms with van der Waals surface area (Å²) in [6.45, 7) is 8.67. The Morgan fingerprint density at radius 2 is 1.65 bits per heavy atom. The number of ether oxygens (including phenoxy) is 3. The van der Waals surface area contributed by atoms with Gasteiger partial charge in [-0.1, -0.05) is 31.2 Å². The van der Waals surface area contributed by atoms with Crippen LogP contribution in [0.4, 0.5) is 4.79 Å². The van der Waals surface area contributed by atoms with Crippen molar-refractivity contribution in [1.29, 1.82) is 0 Å². The van der Waals surface area contributed by atoms with Gasteiger partial charge in [0.2, 0.25) is 0 Å². The van der Waals surface area contributed by atoms with Crippen LogP contribution in [0.15, 0.2) is 60.0 Å². The number of benzene rings is 2. The molecule has 5 rings (SSSR count). The Balaban J connectivity index is 1.49. The lowest BCUT2D eigenvalue weighted by Crippen LogP contribution is -2.32. The lowest BCUT2D eigenvalue weighted by atomic mass is 9.93. The maximum absolute atomic E-state index is 14.1. The number of thiophene rings is 1. The number of alkyl carbamates (subject to hydrolysis) is 1. The van der Waals surface area contributed by atoms with Crippen molar-refractivity contribution in [3.05, 3.63) is 93.6 Å². The van der Waals surface area contributed by atoms with E-state index in [1.165, 1.54) is 13.2 Å². The summed E-state index contributed by atoms with van der Waals surface area (Å²) in [5.74, 6) is -0.994. The first kappa shape index (κ1) is 35.1. The average Bonchev–Trinajstić information content (AvgIpc) is 3.48. The van der Waals surface area contributed by atoms with Gasteiger partial charge in [-0.25, -0.2) is 14.6 Å². The van der Waals surface area contributed by atoms with Gasteiger partial charge in [0.1, 0.15) is 17.0 Å². The molecule has 2 aromatic heterocycles. The fourth-order valence-electron chi connectivity index (χ4n) is 5.33. The van der Waals surface area contributed by atoms with E-state index < -0.39 is 29.5 Å². The third kappa shape index (κ3) is 8.63. The van der Waals surface area contributed by atoms with Crippen molar-refractivity contribution in [1.82, 2.24) is 20.9 Å². The highest BCUT2D eigenvalue weighted by Crippen LogP contribution is 2.43. The molecule has 1 aliphatic heterocycles. The first-order valence-corrected chi connectivity index (χ1v) is 16.9. The molecule has 0 unspecified atom stereocenters. The molecule has 0 saturated heterocycles. The summed E-state index contributed by atoms with van der Waals surface area (Å²) in [6.07, 6.45) is 0.927. The summed E-state index contributed by atoms with van der Waals surface area (Å²) in [6, 6.07) is 16.2. The summed E-state index contributed by atoms with van der Waals surface area (Å²) >= 11 is 1.57. The van der Waals surface area contributed by atoms with Crippen molar-refractivity contribution in [2.45, 2.75) is 59.2 Å². The Hall–Kier alpha value is -5.23. The van der Waals surface area contributed by atoms with Gasteiger partial charge in [0.15, 0.2) is 5.69 Å². The Kier molecular flexibility index (Phi) is 11.0. The molecule has 3 N–H and O–H groups in total. The monoisotopic (exact) mass is 684 g/mol. The molecule has 0 fully saturated rings. The minimum atomic E-state index is -0.750. The Morgan fingerprint density at radius 1 is 0.898 bits per heavy atom. The van der Waals surface area contributed by atoms with E-state index in [1.807, 2.05) is 36.6 Å². The lowest BCUT2D eigenvalue weighted by Gasteiger charge is -2.19. The van der Waals surface area contributed by atoms with E-state index in [2.05, 4.69) is 27.0 Å². The van der Waals surface area contributed by atoms with Gasteiger partial charge in [-0.3, -0.25) is 9.59 Å². The molecule has 0 bridgehead atoms. The Bertz CT molecular complexity index is 1880. The van der Waals surface area contributed by atoms with E-state index >= 15 is 0 Å². The number of methoxy groups -OCH3 is 1. The number of nitrogens with zero attached hydrogens (tertiary/aromatic N) is 1. The number of amides is 3. The summed E-state index contributed by atoms with van der Waals surface area (Å²) in [5, 5.41) is 10.6. The maximum atomic E-state index is 14.1. The van der Waals surface area contributed by atoms with Gasteiger partial charge in [-0.05, 0) is 79.6 Å². The number of nitrogens with one attached hydrogen (secondary N) is 3. The summed E-state index contributed by atoms with van der Waals surface area (Å²) in [7, 11) is 1.24. The molecule has 1 aliphatic rings. The molecule has 49 heavy (non-hydrogen) atoms. The highest BCUT2D eigenvalue weighted by atomic mass is 32.1. The number of hydrogen-bond acceptors (Lipinski definition) is 9. The highest BCUT2D eigenvalue weighted by molar-refractivity contribution is 7.13. The van der Waals surface area contributed by atoms with Crippen molar-refractivity contribution in [3.63, 3.8) is 0 Å². The zero-order valence-corrected chi connectivity index (χ0v) is 29.0. The predicted molar refractivity (Wildman–Crippen MR) is 187 cm³/mol. The zero-order valence-electron chi connectivity index (χ0n) is 28.2. The first-order valence-electron chi connectivity index (χ1n) is 16.1. The van der Waals surface area contributed by atoms with Crippen molar-refractivity contribution in [2.75, 3.05) is 20.3 Å². The number of pyridine rings is 1. The molecule has 0 radical (unpaired) electrons. The van der Waals surface area contributed by atoms with Crippen LogP contribution in [-0.4, -0.2) is 54.7 Å². The van der Waals surface area contributed by atoms with Gasteiger partial charge < -0.3 is 30.2 Å². The number of rotatable bonds is 10. The van der Waals surface area contributed by atoms with Crippen molar-refractivity contribution in [3.8, 4) is 27.3 Å². The van der Waals surface area contributed by atoms with Gasteiger partial charge in [0.05, 0.1) is 13.7 Å². The molecule has 12 heteroatoms. The van der Waals surface area contributed by atoms with Crippen LogP contribution in [0.1, 0.15) is 82.1 Å². The topological polar surface area (TPSA) is 145 Å². The third-order valence-electron chi connectivity index (χ3n) is 7.60. The molecule has 3 heterocycles. The van der Waals surface area contributed by atoms with Crippen LogP contribution in [0.5, 0.6) is 5.75 Å². The fraction of sp³-hybridized carbons (Fsp3) is 0.324. The highest BCUT2D eigenvalue weighted by Gasteiger charge is 2.27. The van der Waals surface area contributed by atoms with Crippen molar-refractivity contribution in [2.24, 2.45) is 0 Å². The normalized spacial score (nSPS) is 12.0. The standard InChI is InChI=1S/C37H40N4O7S/c1-6-14-38-34(43)29-11-10-25(31(41-29)35(44)46-5)26-19-30-28(32-24(12-15-47-30)13-16-49-32)18-27(26)33(42)39-20-22-8-7-9-23(17-22)21-40-36(45)48-37(2,3)4/h7-11,13,16-19H,6,12,14-15,20-21H2,1-5H3,(H,38,43)(H,39,42)(H,40,45). The first-order chi connectivity index (χ1) is 23.5. The van der Waals surface area contributed by atoms with E-state index in [0.29, 0.717) is 42.0 Å². The number of carbonyl (C=O) groups is 4. The van der Waals surface area contributed by atoms with Crippen LogP contribution in [0.3, 0.4) is 0 Å². The Morgan fingerprint density at radius 3 is 2.37 bits per heavy atom. The van der Waals surface area contributed by atoms with Crippen LogP contribution >= 0.6 is 11.3 Å². The van der Waals surface area contributed by atoms with Gasteiger partial charge in [-0.2, -0.15) is 0 Å². The molecule has 3 amide bonds. The number of hydrogen-bond donors (Lipinski definition) is 3. The van der Waals surface area contributed by atoms with Crippen LogP contribution in [-0.2, 0) is 29.0 Å². The van der Waals surface area contributed by atoms with Crippen LogP contribution in [0.2, 0.25) is 0 Å². The van der Waals surface area contributed by atoms with Crippen LogP contribution in [0, 0.1) is 0 Å². The molecule has 256 valence electrons. The van der Waals surface area contributed by atoms with Crippen molar-refractivity contribution < 1.29 is 33.4 Å². The third-order valence-corrected chi connectivity index (χ3v) is 8.59. The molecular formula is C37H40N4O7S. The molecule has 2 aromatic carbocycles. The van der Waals surface area contributed by atoms with Gasteiger partial charge >= 0.3 is 12.1 Å². The second kappa shape index (κ2) is 15.3. The van der Waals surface area contributed by atoms with E-state index in [1.54, 1.807) is 50.3 Å². The van der Waals surface area contributed by atoms with E-state index in [0.717, 1.165) is 33.6 Å². The minimum absolute atomic E-state index is 0.0545. The predicted octanol–water partition coefficient (Wildman–Crippen LogP) is 6.29. The van der Waals surface area contributed by atoms with Crippen molar-refractivity contribution >= 4 is 35.2 Å². The van der Waals surface area contributed by atoms with Crippen LogP contribution in [0.25, 0.3) is 21.6 Å². The number of carbonyl (C=O) groups excluding carboxylic acids is 4. The van der Waals surface area contributed by atoms with Gasteiger partial charge in [0.25, 0.3) is 11.8 Å². The molecule has 11 nitrogen and oxygen atoms in total. The minimum Gasteiger partial charge on any atom is -0.493 e. The fourth-order valence-corrected chi connectivity index (χ4v) is 6.30. The van der Waals surface area contributed by atoms with Gasteiger partial charge in [-0.15, -0.1) is 11.3 Å². The van der Waals surface area contributed by atoms with E-state index in [9.17, 15) is 19.2 Å². The SMILES string of the molecule is CCCNC(=O)c1ccc(-c2cc3c(cc2C(=O)NCc2cccc(CNC(=O)OC(C)(C)C)c2)-c2sccc2CCO3)c(C(=O)OC)n1. The second-order valence-electron chi connectivity index (χ2n) is 12.5. The average molecular weight is 685 g/mol. The summed E-state index contributed by atoms with van der Waals surface area (Å²) in [4.78, 5) is 57.5. The number of esters is 1. The maximum Gasteiger partial charge on any atom is 0.407 e. The molecule has 0 spiro atoms. The molecule has 0 saturated carbocycles. The zero-order chi connectivity index (χ0) is 35.1. The smallest absolute Gasteiger partial charge is 0.407 e. The number of fused-ring (bicyclic) bond motifs is 3. The van der Waals surface area contributed by atoms with E-state index in [4.69, 9.17) is 14.2 Å². The molecule has 0 atom stereocenters. The molecule has 0 aliphatic carbocycles. The second-order valence-corrected chi connectivity index (χ2v) is 13.4. The molecule has 4 aromatic rings. The lowest BCUT2D eigenvalue weighted by molar-refractivity contribution is 0.0522. The van der Waals surface area contributed by atoms with Crippen LogP contribution < -0.4 is 20.7 Å². The largest absolute Gasteiger partial charge is 0.493 e. The Labute approximate surface area is 289 Å². The summed E-state index contributed by atoms with van der Waals surface area (Å²) in [5.41, 5.74) is 3.91. The molecular weight excluding hydrogens is 644 g/mol. The summed E-state index contributed by atoms with van der Waals surface area (Å²) < 4.78 is 16.5. The van der Waals surface area contributed by atoms with E-state index in [-0.39, 0.29) is 24.5 Å². The number of aromatic nitrogens is 1. The quantitative estimate of drug-likeness (QED) is 0.165. The van der Waals surface area contributed by atoms with Gasteiger partial charge in [0, 0.05) is 53.2 Å².